The molecule has 0 aromatic heterocycles. The summed E-state index contributed by atoms with van der Waals surface area (Å²) in [6.45, 7) is 0.915. The third kappa shape index (κ3) is 3.52. The first-order valence-corrected chi connectivity index (χ1v) is 3.50. The second-order valence-electron chi connectivity index (χ2n) is 3.88. The van der Waals surface area contributed by atoms with E-state index < -0.39 is 23.5 Å². The van der Waals surface area contributed by atoms with Gasteiger partial charge in [-0.1, -0.05) is 12.1 Å². The van der Waals surface area contributed by atoms with Gasteiger partial charge < -0.3 is 0 Å². The van der Waals surface area contributed by atoms with Crippen LogP contribution in [0.1, 0.15) is 6.92 Å². The highest BCUT2D eigenvalue weighted by Crippen LogP contribution is 2.49. The molecule has 0 bridgehead atoms. The van der Waals surface area contributed by atoms with Crippen LogP contribution in [0.2, 0.25) is 5.21 Å². The number of hydrogen-bond donors (Lipinski definition) is 0. The van der Waals surface area contributed by atoms with Gasteiger partial charge in [0, 0.05) is 0 Å². The first-order valence-electron chi connectivity index (χ1n) is 3.50. The quantitative estimate of drug-likeness (QED) is 0.443. The maximum absolute atomic E-state index is 12.0. The van der Waals surface area contributed by atoms with Crippen molar-refractivity contribution in [3.63, 3.8) is 0 Å². The van der Waals surface area contributed by atoms with Crippen LogP contribution in [0.3, 0.4) is 0 Å². The molecule has 0 fully saturated rings. The molecule has 0 rings (SSSR count). The van der Waals surface area contributed by atoms with Gasteiger partial charge in [0.05, 0.1) is 0 Å². The van der Waals surface area contributed by atoms with Gasteiger partial charge in [-0.05, 0) is 0 Å². The Morgan fingerprint density at radius 2 is 1.08 bits per heavy atom. The highest BCUT2D eigenvalue weighted by atomic mass is 19.4. The molecule has 13 heavy (non-hydrogen) atoms. The van der Waals surface area contributed by atoms with Crippen LogP contribution in [0, 0.1) is 5.92 Å². The zero-order valence-electron chi connectivity index (χ0n) is 7.35. The van der Waals surface area contributed by atoms with Gasteiger partial charge in [0.2, 0.25) is 0 Å². The lowest BCUT2D eigenvalue weighted by molar-refractivity contribution is -0.287. The summed E-state index contributed by atoms with van der Waals surface area (Å²) in [5, 5.41) is -1.86. The molecular formula is C5H8B2F6. The Bertz CT molecular complexity index is 142. The third-order valence-corrected chi connectivity index (χ3v) is 1.52. The van der Waals surface area contributed by atoms with Gasteiger partial charge in [-0.15, -0.1) is 0 Å². The lowest BCUT2D eigenvalue weighted by atomic mass is 9.49. The van der Waals surface area contributed by atoms with Gasteiger partial charge in [0.15, 0.2) is 0 Å². The molecule has 0 aromatic rings. The van der Waals surface area contributed by atoms with E-state index >= 15 is 0 Å². The molecule has 0 aliphatic carbocycles. The lowest BCUT2D eigenvalue weighted by Crippen LogP contribution is -2.44. The Morgan fingerprint density at radius 1 is 0.846 bits per heavy atom. The van der Waals surface area contributed by atoms with Gasteiger partial charge in [-0.25, -0.2) is 0 Å². The van der Waals surface area contributed by atoms with Crippen molar-refractivity contribution in [2.75, 3.05) is 0 Å². The summed E-state index contributed by atoms with van der Waals surface area (Å²) in [7, 11) is 1.83. The van der Waals surface area contributed by atoms with Crippen molar-refractivity contribution in [2.45, 2.75) is 24.5 Å². The molecule has 0 aliphatic heterocycles. The predicted octanol–water partition coefficient (Wildman–Crippen LogP) is 1.13. The van der Waals surface area contributed by atoms with Gasteiger partial charge in [-0.2, -0.15) is 26.3 Å². The summed E-state index contributed by atoms with van der Waals surface area (Å²) in [6.07, 6.45) is -10.5. The monoisotopic (exact) mass is 204 g/mol. The fourth-order valence-electron chi connectivity index (χ4n) is 1.17. The van der Waals surface area contributed by atoms with E-state index in [9.17, 15) is 26.3 Å². The van der Waals surface area contributed by atoms with E-state index in [0.29, 0.717) is 0 Å². The number of hydrogen-bond acceptors (Lipinski definition) is 0. The Hall–Kier alpha value is -0.290. The van der Waals surface area contributed by atoms with Crippen molar-refractivity contribution in [3.8, 4) is 0 Å². The number of halogens is 6. The molecule has 0 saturated heterocycles. The number of alkyl halides is 6. The largest absolute Gasteiger partial charge is 0.399 e. The minimum Gasteiger partial charge on any atom is -0.170 e. The van der Waals surface area contributed by atoms with E-state index in [2.05, 4.69) is 0 Å². The Labute approximate surface area is 73.5 Å². The maximum atomic E-state index is 12.0. The van der Waals surface area contributed by atoms with Crippen LogP contribution in [-0.4, -0.2) is 28.0 Å². The maximum Gasteiger partial charge on any atom is 0.399 e. The molecule has 0 unspecified atom stereocenters. The molecule has 0 saturated carbocycles. The molecule has 0 spiro atoms. The van der Waals surface area contributed by atoms with Crippen LogP contribution in [0.25, 0.3) is 0 Å². The van der Waals surface area contributed by atoms with E-state index in [1.165, 1.54) is 0 Å². The molecule has 0 nitrogen and oxygen atoms in total. The van der Waals surface area contributed by atoms with Crippen LogP contribution in [0.4, 0.5) is 26.3 Å². The Morgan fingerprint density at radius 3 is 1.08 bits per heavy atom. The zero-order valence-corrected chi connectivity index (χ0v) is 7.35. The minimum atomic E-state index is -5.24. The van der Waals surface area contributed by atoms with E-state index in [-0.39, 0.29) is 0 Å². The summed E-state index contributed by atoms with van der Waals surface area (Å²) in [6, 6.07) is 0. The standard InChI is InChI=1S/C5H8B2F6/c1-3(6,7)2(4(8,9)10)5(11,12)13/h2H,6-7H2,1H3. The lowest BCUT2D eigenvalue weighted by Gasteiger charge is -2.33. The molecule has 0 atom stereocenters. The Balaban J connectivity index is 5.02. The molecular weight excluding hydrogens is 196 g/mol. The fourth-order valence-corrected chi connectivity index (χ4v) is 1.17. The SMILES string of the molecule is BC(B)(C)C(C(F)(F)F)C(F)(F)F. The summed E-state index contributed by atoms with van der Waals surface area (Å²) in [5.74, 6) is -3.27. The fraction of sp³-hybridized carbons (Fsp3) is 1.00. The molecule has 0 aromatic carbocycles. The summed E-state index contributed by atoms with van der Waals surface area (Å²) < 4.78 is 72.0. The van der Waals surface area contributed by atoms with E-state index in [0.717, 1.165) is 22.6 Å². The molecule has 8 heteroatoms. The molecule has 0 radical (unpaired) electrons. The van der Waals surface area contributed by atoms with Gasteiger partial charge in [0.25, 0.3) is 0 Å². The highest BCUT2D eigenvalue weighted by Gasteiger charge is 2.61. The highest BCUT2D eigenvalue weighted by molar-refractivity contribution is 6.39. The van der Waals surface area contributed by atoms with Gasteiger partial charge >= 0.3 is 12.4 Å². The summed E-state index contributed by atoms with van der Waals surface area (Å²) >= 11 is 0. The van der Waals surface area contributed by atoms with Crippen LogP contribution in [-0.2, 0) is 0 Å². The minimum absolute atomic E-state index is 0.915. The van der Waals surface area contributed by atoms with Crippen molar-refractivity contribution in [3.05, 3.63) is 0 Å². The summed E-state index contributed by atoms with van der Waals surface area (Å²) in [4.78, 5) is 0. The average molecular weight is 204 g/mol. The van der Waals surface area contributed by atoms with Crippen LogP contribution in [0.5, 0.6) is 0 Å². The topological polar surface area (TPSA) is 0 Å². The molecule has 0 amide bonds. The Kier molecular flexibility index (Phi) is 3.06. The van der Waals surface area contributed by atoms with E-state index in [4.69, 9.17) is 0 Å². The predicted molar refractivity (Wildman–Crippen MR) is 41.1 cm³/mol. The van der Waals surface area contributed by atoms with E-state index in [1.807, 2.05) is 0 Å². The van der Waals surface area contributed by atoms with Crippen LogP contribution < -0.4 is 0 Å². The molecule has 0 aliphatic rings. The summed E-state index contributed by atoms with van der Waals surface area (Å²) in [5.41, 5.74) is 0. The molecule has 0 heterocycles. The normalized spacial score (nSPS) is 15.1. The zero-order chi connectivity index (χ0) is 11.1. The van der Waals surface area contributed by atoms with Crippen molar-refractivity contribution < 1.29 is 26.3 Å². The van der Waals surface area contributed by atoms with Crippen molar-refractivity contribution >= 4 is 15.7 Å². The number of rotatable bonds is 1. The third-order valence-electron chi connectivity index (χ3n) is 1.52. The van der Waals surface area contributed by atoms with Crippen LogP contribution in [0.15, 0.2) is 0 Å². The van der Waals surface area contributed by atoms with E-state index in [1.54, 1.807) is 0 Å². The van der Waals surface area contributed by atoms with Crippen molar-refractivity contribution in [1.82, 2.24) is 0 Å². The second-order valence-corrected chi connectivity index (χ2v) is 3.88. The molecule has 0 N–H and O–H groups in total. The van der Waals surface area contributed by atoms with Crippen molar-refractivity contribution in [2.24, 2.45) is 5.92 Å². The van der Waals surface area contributed by atoms with Crippen LogP contribution >= 0.6 is 0 Å². The first kappa shape index (κ1) is 12.7. The average Bonchev–Trinajstić information content (AvgIpc) is 1.44. The smallest absolute Gasteiger partial charge is 0.170 e. The second kappa shape index (κ2) is 3.13. The van der Waals surface area contributed by atoms with Gasteiger partial charge in [-0.3, -0.25) is 0 Å². The first-order chi connectivity index (χ1) is 5.37. The molecule has 76 valence electrons. The van der Waals surface area contributed by atoms with Gasteiger partial charge in [0.1, 0.15) is 21.6 Å². The van der Waals surface area contributed by atoms with Crippen molar-refractivity contribution in [1.29, 1.82) is 0 Å².